The van der Waals surface area contributed by atoms with E-state index in [1.165, 1.54) is 37.6 Å². The monoisotopic (exact) mass is 314 g/mol. The number of aromatic nitrogens is 4. The van der Waals surface area contributed by atoms with E-state index >= 15 is 0 Å². The Morgan fingerprint density at radius 1 is 1.35 bits per heavy atom. The zero-order valence-electron chi connectivity index (χ0n) is 13.4. The first-order valence-corrected chi connectivity index (χ1v) is 8.04. The molecule has 0 bridgehead atoms. The van der Waals surface area contributed by atoms with Gasteiger partial charge in [0.25, 0.3) is 0 Å². The minimum Gasteiger partial charge on any atom is -0.354 e. The third-order valence-electron chi connectivity index (χ3n) is 4.10. The van der Waals surface area contributed by atoms with Crippen LogP contribution in [0.4, 0.5) is 5.82 Å². The fourth-order valence-electron chi connectivity index (χ4n) is 2.88. The maximum atomic E-state index is 12.1. The molecule has 7 nitrogen and oxygen atoms in total. The molecule has 0 spiro atoms. The highest BCUT2D eigenvalue weighted by atomic mass is 16.2. The van der Waals surface area contributed by atoms with Crippen molar-refractivity contribution in [3.8, 4) is 0 Å². The number of aromatic amines is 1. The molecule has 0 fully saturated rings. The molecule has 1 aliphatic rings. The minimum atomic E-state index is -0.00446. The average molecular weight is 314 g/mol. The lowest BCUT2D eigenvalue weighted by molar-refractivity contribution is -0.119. The van der Waals surface area contributed by atoms with Crippen molar-refractivity contribution in [2.75, 3.05) is 25.0 Å². The van der Waals surface area contributed by atoms with Gasteiger partial charge in [0.1, 0.15) is 11.8 Å². The topological polar surface area (TPSA) is 86.8 Å². The number of carbonyl (C=O) groups excluding carboxylic acids is 1. The number of nitrogens with one attached hydrogen (secondary N) is 2. The Hall–Kier alpha value is -2.44. The van der Waals surface area contributed by atoms with Crippen molar-refractivity contribution in [3.05, 3.63) is 24.3 Å². The molecule has 2 aromatic heterocycles. The van der Waals surface area contributed by atoms with Crippen LogP contribution in [0.2, 0.25) is 0 Å². The molecule has 1 aliphatic carbocycles. The number of carbonyl (C=O) groups is 1. The summed E-state index contributed by atoms with van der Waals surface area (Å²) in [6, 6.07) is 0. The van der Waals surface area contributed by atoms with E-state index in [0.717, 1.165) is 11.9 Å². The van der Waals surface area contributed by atoms with Gasteiger partial charge in [-0.15, -0.1) is 0 Å². The molecule has 0 atom stereocenters. The molecule has 122 valence electrons. The maximum Gasteiger partial charge on any atom is 0.239 e. The highest BCUT2D eigenvalue weighted by molar-refractivity contribution is 5.86. The summed E-state index contributed by atoms with van der Waals surface area (Å²) >= 11 is 0. The molecule has 2 N–H and O–H groups in total. The van der Waals surface area contributed by atoms with Gasteiger partial charge in [0, 0.05) is 13.6 Å². The molecule has 3 rings (SSSR count). The highest BCUT2D eigenvalue weighted by Gasteiger charge is 2.13. The third kappa shape index (κ3) is 3.85. The maximum absolute atomic E-state index is 12.1. The van der Waals surface area contributed by atoms with Crippen molar-refractivity contribution in [2.24, 2.45) is 0 Å². The zero-order valence-corrected chi connectivity index (χ0v) is 13.4. The van der Waals surface area contributed by atoms with E-state index in [9.17, 15) is 4.79 Å². The van der Waals surface area contributed by atoms with Gasteiger partial charge in [-0.05, 0) is 32.1 Å². The molecule has 1 amide bonds. The highest BCUT2D eigenvalue weighted by Crippen LogP contribution is 2.19. The number of likely N-dealkylation sites (N-methyl/N-ethyl adjacent to an activating group) is 1. The number of nitrogens with zero attached hydrogens (tertiary/aromatic N) is 4. The van der Waals surface area contributed by atoms with Crippen molar-refractivity contribution in [3.63, 3.8) is 0 Å². The van der Waals surface area contributed by atoms with Crippen LogP contribution in [0, 0.1) is 0 Å². The van der Waals surface area contributed by atoms with Gasteiger partial charge in [0.2, 0.25) is 5.91 Å². The molecule has 0 saturated heterocycles. The Morgan fingerprint density at radius 3 is 3.09 bits per heavy atom. The number of rotatable bonds is 6. The second-order valence-corrected chi connectivity index (χ2v) is 5.86. The number of H-pyrrole nitrogens is 1. The van der Waals surface area contributed by atoms with Crippen molar-refractivity contribution >= 4 is 22.9 Å². The first-order valence-electron chi connectivity index (χ1n) is 8.04. The van der Waals surface area contributed by atoms with E-state index in [4.69, 9.17) is 0 Å². The van der Waals surface area contributed by atoms with Crippen LogP contribution in [0.25, 0.3) is 11.2 Å². The quantitative estimate of drug-likeness (QED) is 0.794. The Labute approximate surface area is 135 Å². The molecule has 0 saturated carbocycles. The Bertz CT molecular complexity index is 707. The summed E-state index contributed by atoms with van der Waals surface area (Å²) in [6.07, 6.45) is 11.2. The van der Waals surface area contributed by atoms with Gasteiger partial charge in [0.15, 0.2) is 11.5 Å². The van der Waals surface area contributed by atoms with E-state index in [2.05, 4.69) is 31.3 Å². The first kappa shape index (κ1) is 15.5. The zero-order chi connectivity index (χ0) is 16.1. The van der Waals surface area contributed by atoms with Gasteiger partial charge >= 0.3 is 0 Å². The Balaban J connectivity index is 1.51. The Kier molecular flexibility index (Phi) is 4.85. The lowest BCUT2D eigenvalue weighted by Gasteiger charge is -2.18. The minimum absolute atomic E-state index is 0.00446. The molecule has 23 heavy (non-hydrogen) atoms. The van der Waals surface area contributed by atoms with Crippen LogP contribution < -0.4 is 10.2 Å². The standard InChI is InChI=1S/C16H22N6O/c1-22(16-14-15(19-10-18-14)20-11-21-16)9-13(23)17-8-7-12-5-3-2-4-6-12/h5,10-11H,2-4,6-9H2,1H3,(H,17,23)(H,18,19,20,21). The molecule has 2 aromatic rings. The normalized spacial score (nSPS) is 14.6. The molecule has 0 aliphatic heterocycles. The van der Waals surface area contributed by atoms with Crippen molar-refractivity contribution < 1.29 is 4.79 Å². The van der Waals surface area contributed by atoms with Crippen molar-refractivity contribution in [1.29, 1.82) is 0 Å². The lowest BCUT2D eigenvalue weighted by atomic mass is 9.97. The summed E-state index contributed by atoms with van der Waals surface area (Å²) in [5.41, 5.74) is 2.82. The largest absolute Gasteiger partial charge is 0.354 e. The van der Waals surface area contributed by atoms with Gasteiger partial charge in [-0.25, -0.2) is 15.0 Å². The predicted molar refractivity (Wildman–Crippen MR) is 89.1 cm³/mol. The summed E-state index contributed by atoms with van der Waals surface area (Å²) in [4.78, 5) is 29.3. The van der Waals surface area contributed by atoms with Crippen LogP contribution in [0.15, 0.2) is 24.3 Å². The molecular formula is C16H22N6O. The number of amides is 1. The van der Waals surface area contributed by atoms with Gasteiger partial charge in [0.05, 0.1) is 12.9 Å². The molecule has 0 radical (unpaired) electrons. The number of imidazole rings is 1. The number of hydrogen-bond donors (Lipinski definition) is 2. The number of anilines is 1. The first-order chi connectivity index (χ1) is 11.2. The SMILES string of the molecule is CN(CC(=O)NCCC1=CCCCC1)c1ncnc2nc[nH]c12. The number of fused-ring (bicyclic) bond motifs is 1. The predicted octanol–water partition coefficient (Wildman–Crippen LogP) is 1.80. The lowest BCUT2D eigenvalue weighted by Crippen LogP contribution is -2.36. The van der Waals surface area contributed by atoms with E-state index in [0.29, 0.717) is 18.0 Å². The van der Waals surface area contributed by atoms with E-state index in [1.54, 1.807) is 11.2 Å². The van der Waals surface area contributed by atoms with E-state index in [-0.39, 0.29) is 12.5 Å². The summed E-state index contributed by atoms with van der Waals surface area (Å²) in [5, 5.41) is 2.98. The molecule has 0 aromatic carbocycles. The van der Waals surface area contributed by atoms with Gasteiger partial charge in [-0.1, -0.05) is 11.6 Å². The second-order valence-electron chi connectivity index (χ2n) is 5.86. The third-order valence-corrected chi connectivity index (χ3v) is 4.10. The van der Waals surface area contributed by atoms with Crippen LogP contribution in [-0.4, -0.2) is 46.0 Å². The Morgan fingerprint density at radius 2 is 2.26 bits per heavy atom. The van der Waals surface area contributed by atoms with Crippen LogP contribution in [-0.2, 0) is 4.79 Å². The van der Waals surface area contributed by atoms with Crippen LogP contribution in [0.3, 0.4) is 0 Å². The molecular weight excluding hydrogens is 292 g/mol. The van der Waals surface area contributed by atoms with Gasteiger partial charge in [-0.3, -0.25) is 4.79 Å². The number of hydrogen-bond acceptors (Lipinski definition) is 5. The smallest absolute Gasteiger partial charge is 0.239 e. The van der Waals surface area contributed by atoms with E-state index < -0.39 is 0 Å². The summed E-state index contributed by atoms with van der Waals surface area (Å²) in [5.74, 6) is 0.674. The second kappa shape index (κ2) is 7.21. The fourth-order valence-corrected chi connectivity index (χ4v) is 2.88. The van der Waals surface area contributed by atoms with Crippen LogP contribution in [0.1, 0.15) is 32.1 Å². The van der Waals surface area contributed by atoms with Crippen molar-refractivity contribution in [2.45, 2.75) is 32.1 Å². The van der Waals surface area contributed by atoms with Gasteiger partial charge in [-0.2, -0.15) is 0 Å². The molecule has 7 heteroatoms. The fraction of sp³-hybridized carbons (Fsp3) is 0.500. The summed E-state index contributed by atoms with van der Waals surface area (Å²) in [7, 11) is 1.84. The summed E-state index contributed by atoms with van der Waals surface area (Å²) in [6.45, 7) is 0.950. The molecule has 2 heterocycles. The van der Waals surface area contributed by atoms with Gasteiger partial charge < -0.3 is 15.2 Å². The molecule has 0 unspecified atom stereocenters. The van der Waals surface area contributed by atoms with Crippen molar-refractivity contribution in [1.82, 2.24) is 25.3 Å². The van der Waals surface area contributed by atoms with E-state index in [1.807, 2.05) is 7.05 Å². The van der Waals surface area contributed by atoms with Crippen LogP contribution >= 0.6 is 0 Å². The summed E-state index contributed by atoms with van der Waals surface area (Å²) < 4.78 is 0. The average Bonchev–Trinajstić information content (AvgIpc) is 3.04. The number of allylic oxidation sites excluding steroid dienone is 1. The van der Waals surface area contributed by atoms with Crippen LogP contribution in [0.5, 0.6) is 0 Å².